The van der Waals surface area contributed by atoms with Gasteiger partial charge in [0.15, 0.2) is 0 Å². The van der Waals surface area contributed by atoms with Crippen LogP contribution in [0.25, 0.3) is 82.1 Å². The molecule has 0 unspecified atom stereocenters. The molecule has 0 fully saturated rings. The Morgan fingerprint density at radius 1 is 0.360 bits per heavy atom. The summed E-state index contributed by atoms with van der Waals surface area (Å²) in [5.41, 5.74) is 10.1. The smallest absolute Gasteiger partial charge is 0.138 e. The van der Waals surface area contributed by atoms with Crippen LogP contribution in [-0.4, -0.2) is 4.57 Å². The molecule has 0 saturated heterocycles. The second kappa shape index (κ2) is 10.4. The average Bonchev–Trinajstić information content (AvgIpc) is 3.85. The highest BCUT2D eigenvalue weighted by Crippen LogP contribution is 2.48. The summed E-state index contributed by atoms with van der Waals surface area (Å²) in [4.78, 5) is 2.40. The van der Waals surface area contributed by atoms with Crippen LogP contribution in [0.15, 0.2) is 179 Å². The van der Waals surface area contributed by atoms with Crippen molar-refractivity contribution < 1.29 is 8.83 Å². The van der Waals surface area contributed by atoms with Gasteiger partial charge in [0, 0.05) is 49.8 Å². The highest BCUT2D eigenvalue weighted by atomic mass is 16.3. The molecular weight excluding hydrogens is 613 g/mol. The van der Waals surface area contributed by atoms with E-state index in [9.17, 15) is 0 Å². The summed E-state index contributed by atoms with van der Waals surface area (Å²) in [6.07, 6.45) is 0. The molecule has 0 aliphatic carbocycles. The number of para-hydroxylation sites is 4. The summed E-state index contributed by atoms with van der Waals surface area (Å²) in [5.74, 6) is 0. The third-order valence-corrected chi connectivity index (χ3v) is 10.2. The number of rotatable bonds is 4. The van der Waals surface area contributed by atoms with E-state index in [-0.39, 0.29) is 0 Å². The van der Waals surface area contributed by atoms with Crippen molar-refractivity contribution in [1.82, 2.24) is 4.57 Å². The first-order valence-electron chi connectivity index (χ1n) is 16.9. The van der Waals surface area contributed by atoms with Crippen LogP contribution in [0.3, 0.4) is 0 Å². The Morgan fingerprint density at radius 2 is 0.960 bits per heavy atom. The molecule has 0 aliphatic rings. The predicted octanol–water partition coefficient (Wildman–Crippen LogP) is 13.2. The molecule has 0 N–H and O–H groups in total. The number of aromatic nitrogens is 1. The van der Waals surface area contributed by atoms with Crippen molar-refractivity contribution in [1.29, 1.82) is 0 Å². The molecule has 0 bridgehead atoms. The van der Waals surface area contributed by atoms with Crippen molar-refractivity contribution in [2.24, 2.45) is 0 Å². The largest absolute Gasteiger partial charge is 0.456 e. The maximum atomic E-state index is 6.60. The quantitative estimate of drug-likeness (QED) is 0.192. The molecule has 0 spiro atoms. The zero-order valence-corrected chi connectivity index (χ0v) is 26.9. The van der Waals surface area contributed by atoms with E-state index >= 15 is 0 Å². The molecule has 234 valence electrons. The monoisotopic (exact) mass is 640 g/mol. The van der Waals surface area contributed by atoms with Gasteiger partial charge in [-0.1, -0.05) is 103 Å². The molecule has 0 radical (unpaired) electrons. The van der Waals surface area contributed by atoms with E-state index in [4.69, 9.17) is 8.83 Å². The van der Waals surface area contributed by atoms with E-state index in [1.54, 1.807) is 0 Å². The molecule has 0 atom stereocenters. The topological polar surface area (TPSA) is 34.5 Å². The Labute approximate surface area is 286 Å². The van der Waals surface area contributed by atoms with Crippen molar-refractivity contribution in [3.05, 3.63) is 170 Å². The Hall–Kier alpha value is -6.78. The third kappa shape index (κ3) is 3.81. The summed E-state index contributed by atoms with van der Waals surface area (Å²) >= 11 is 0. The predicted molar refractivity (Wildman–Crippen MR) is 208 cm³/mol. The van der Waals surface area contributed by atoms with Crippen LogP contribution in [0.4, 0.5) is 17.1 Å². The van der Waals surface area contributed by atoms with E-state index in [2.05, 4.69) is 161 Å². The van der Waals surface area contributed by atoms with E-state index < -0.39 is 0 Å². The molecule has 8 aromatic carbocycles. The minimum Gasteiger partial charge on any atom is -0.456 e. The molecule has 0 aliphatic heterocycles. The number of benzene rings is 8. The minimum absolute atomic E-state index is 0.851. The first-order chi connectivity index (χ1) is 24.8. The lowest BCUT2D eigenvalue weighted by Gasteiger charge is -2.28. The average molecular weight is 641 g/mol. The summed E-state index contributed by atoms with van der Waals surface area (Å²) < 4.78 is 15.4. The molecule has 4 nitrogen and oxygen atoms in total. The zero-order valence-electron chi connectivity index (χ0n) is 26.9. The van der Waals surface area contributed by atoms with Gasteiger partial charge < -0.3 is 18.3 Å². The molecule has 50 heavy (non-hydrogen) atoms. The molecule has 3 heterocycles. The van der Waals surface area contributed by atoms with Crippen LogP contribution in [0.2, 0.25) is 0 Å². The Bertz CT molecular complexity index is 3110. The van der Waals surface area contributed by atoms with Crippen molar-refractivity contribution in [3.63, 3.8) is 0 Å². The van der Waals surface area contributed by atoms with E-state index in [1.807, 2.05) is 18.2 Å². The molecule has 11 rings (SSSR count). The van der Waals surface area contributed by atoms with Gasteiger partial charge in [0.2, 0.25) is 0 Å². The third-order valence-electron chi connectivity index (χ3n) is 10.2. The van der Waals surface area contributed by atoms with Crippen LogP contribution >= 0.6 is 0 Å². The van der Waals surface area contributed by atoms with Crippen molar-refractivity contribution >= 4 is 93.5 Å². The maximum Gasteiger partial charge on any atom is 0.138 e. The maximum absolute atomic E-state index is 6.60. The van der Waals surface area contributed by atoms with Gasteiger partial charge in [-0.25, -0.2) is 0 Å². The lowest BCUT2D eigenvalue weighted by molar-refractivity contribution is 0.669. The van der Waals surface area contributed by atoms with Crippen LogP contribution in [0, 0.1) is 0 Å². The van der Waals surface area contributed by atoms with Crippen LogP contribution in [-0.2, 0) is 0 Å². The fraction of sp³-hybridized carbons (Fsp3) is 0. The molecule has 3 aromatic heterocycles. The number of anilines is 3. The van der Waals surface area contributed by atoms with E-state index in [0.717, 1.165) is 82.9 Å². The summed E-state index contributed by atoms with van der Waals surface area (Å²) in [6, 6.07) is 60.0. The first kappa shape index (κ1) is 27.2. The number of fused-ring (bicyclic) bond motifs is 11. The Kier molecular flexibility index (Phi) is 5.63. The normalized spacial score (nSPS) is 12.0. The fourth-order valence-corrected chi connectivity index (χ4v) is 8.06. The van der Waals surface area contributed by atoms with Gasteiger partial charge in [-0.15, -0.1) is 0 Å². The number of hydrogen-bond donors (Lipinski definition) is 0. The minimum atomic E-state index is 0.851. The zero-order chi connectivity index (χ0) is 32.8. The van der Waals surface area contributed by atoms with Crippen LogP contribution < -0.4 is 4.90 Å². The lowest BCUT2D eigenvalue weighted by atomic mass is 10.00. The van der Waals surface area contributed by atoms with Gasteiger partial charge in [-0.2, -0.15) is 0 Å². The molecule has 0 amide bonds. The second-order valence-corrected chi connectivity index (χ2v) is 12.9. The van der Waals surface area contributed by atoms with Gasteiger partial charge >= 0.3 is 0 Å². The molecule has 0 saturated carbocycles. The Balaban J connectivity index is 1.27. The standard InChI is InChI=1S/C46H28N2O2/c1-2-13-29(14-3-1)47-37-20-9-6-16-32(37)36-27-30(25-26-38(36)47)48(39-21-12-24-43-46(39)35-19-8-11-23-42(35)49-43)40-28-44-45(33-17-5-4-15-31(33)40)34-18-7-10-22-41(34)50-44/h1-28H. The Morgan fingerprint density at radius 3 is 1.76 bits per heavy atom. The molecule has 4 heteroatoms. The highest BCUT2D eigenvalue weighted by molar-refractivity contribution is 6.24. The number of hydrogen-bond acceptors (Lipinski definition) is 3. The SMILES string of the molecule is c1ccc(-n2c3ccccc3c3cc(N(c4cc5oc6ccccc6c5c5ccccc45)c4cccc5oc6ccccc6c45)ccc32)cc1. The second-order valence-electron chi connectivity index (χ2n) is 12.9. The van der Waals surface area contributed by atoms with Crippen LogP contribution in [0.5, 0.6) is 0 Å². The highest BCUT2D eigenvalue weighted by Gasteiger charge is 2.24. The van der Waals surface area contributed by atoms with Gasteiger partial charge in [0.25, 0.3) is 0 Å². The van der Waals surface area contributed by atoms with Gasteiger partial charge in [-0.3, -0.25) is 0 Å². The summed E-state index contributed by atoms with van der Waals surface area (Å²) in [5, 5.41) is 9.10. The fourth-order valence-electron chi connectivity index (χ4n) is 8.06. The summed E-state index contributed by atoms with van der Waals surface area (Å²) in [6.45, 7) is 0. The molecule has 11 aromatic rings. The van der Waals surface area contributed by atoms with Crippen molar-refractivity contribution in [2.75, 3.05) is 4.90 Å². The van der Waals surface area contributed by atoms with Gasteiger partial charge in [-0.05, 0) is 66.0 Å². The summed E-state index contributed by atoms with van der Waals surface area (Å²) in [7, 11) is 0. The number of furan rings is 2. The lowest BCUT2D eigenvalue weighted by Crippen LogP contribution is -2.11. The van der Waals surface area contributed by atoms with E-state index in [1.165, 1.54) is 16.3 Å². The first-order valence-corrected chi connectivity index (χ1v) is 16.9. The van der Waals surface area contributed by atoms with Crippen molar-refractivity contribution in [3.8, 4) is 5.69 Å². The van der Waals surface area contributed by atoms with Crippen LogP contribution in [0.1, 0.15) is 0 Å². The van der Waals surface area contributed by atoms with Gasteiger partial charge in [0.05, 0.1) is 27.8 Å². The van der Waals surface area contributed by atoms with E-state index in [0.29, 0.717) is 0 Å². The van der Waals surface area contributed by atoms with Gasteiger partial charge in [0.1, 0.15) is 22.3 Å². The molecular formula is C46H28N2O2. The van der Waals surface area contributed by atoms with Crippen molar-refractivity contribution in [2.45, 2.75) is 0 Å². The number of nitrogens with zero attached hydrogens (tertiary/aromatic N) is 2.